The smallest absolute Gasteiger partial charge is 0.274 e. The molecule has 0 aliphatic heterocycles. The molecule has 0 aliphatic carbocycles. The van der Waals surface area contributed by atoms with Crippen molar-refractivity contribution in [1.82, 2.24) is 9.78 Å². The SMILES string of the molecule is COc1ccc(OC)c(NC(=O)c2cc(-c3cccs3)nn2-c2ccccc2)c1. The summed E-state index contributed by atoms with van der Waals surface area (Å²) in [5.74, 6) is 0.871. The Balaban J connectivity index is 1.75. The minimum Gasteiger partial charge on any atom is -0.497 e. The number of ether oxygens (including phenoxy) is 2. The van der Waals surface area contributed by atoms with Gasteiger partial charge in [0.05, 0.1) is 30.5 Å². The number of rotatable bonds is 6. The van der Waals surface area contributed by atoms with Gasteiger partial charge in [0, 0.05) is 6.07 Å². The standard InChI is InChI=1S/C22H19N3O3S/c1-27-16-10-11-20(28-2)17(13-16)23-22(26)19-14-18(21-9-6-12-29-21)24-25(19)15-7-4-3-5-8-15/h3-14H,1-2H3,(H,23,26). The molecule has 1 amide bonds. The highest BCUT2D eigenvalue weighted by molar-refractivity contribution is 7.13. The van der Waals surface area contributed by atoms with Crippen LogP contribution in [0.5, 0.6) is 11.5 Å². The van der Waals surface area contributed by atoms with Crippen molar-refractivity contribution in [3.05, 3.63) is 77.8 Å². The third-order valence-electron chi connectivity index (χ3n) is 4.37. The molecule has 0 aliphatic rings. The summed E-state index contributed by atoms with van der Waals surface area (Å²) in [6.07, 6.45) is 0. The van der Waals surface area contributed by atoms with Crippen molar-refractivity contribution in [3.63, 3.8) is 0 Å². The highest BCUT2D eigenvalue weighted by Gasteiger charge is 2.19. The first-order chi connectivity index (χ1) is 14.2. The highest BCUT2D eigenvalue weighted by Crippen LogP contribution is 2.30. The molecule has 146 valence electrons. The molecule has 0 saturated carbocycles. The molecule has 0 unspecified atom stereocenters. The second-order valence-electron chi connectivity index (χ2n) is 6.16. The van der Waals surface area contributed by atoms with Crippen LogP contribution in [0.2, 0.25) is 0 Å². The van der Waals surface area contributed by atoms with Gasteiger partial charge in [-0.15, -0.1) is 11.3 Å². The third-order valence-corrected chi connectivity index (χ3v) is 5.26. The molecule has 4 aromatic rings. The lowest BCUT2D eigenvalue weighted by molar-refractivity contribution is 0.101. The average Bonchev–Trinajstić information content (AvgIpc) is 3.44. The van der Waals surface area contributed by atoms with E-state index < -0.39 is 0 Å². The maximum atomic E-state index is 13.2. The zero-order chi connectivity index (χ0) is 20.2. The van der Waals surface area contributed by atoms with Crippen molar-refractivity contribution in [2.75, 3.05) is 19.5 Å². The van der Waals surface area contributed by atoms with E-state index in [4.69, 9.17) is 9.47 Å². The van der Waals surface area contributed by atoms with Crippen molar-refractivity contribution >= 4 is 22.9 Å². The van der Waals surface area contributed by atoms with Gasteiger partial charge in [0.2, 0.25) is 0 Å². The molecule has 0 bridgehead atoms. The van der Waals surface area contributed by atoms with E-state index in [2.05, 4.69) is 10.4 Å². The number of aromatic nitrogens is 2. The summed E-state index contributed by atoms with van der Waals surface area (Å²) < 4.78 is 12.3. The van der Waals surface area contributed by atoms with Crippen LogP contribution in [0.4, 0.5) is 5.69 Å². The molecule has 7 heteroatoms. The number of methoxy groups -OCH3 is 2. The Morgan fingerprint density at radius 1 is 1.00 bits per heavy atom. The summed E-state index contributed by atoms with van der Waals surface area (Å²) in [6.45, 7) is 0. The zero-order valence-electron chi connectivity index (χ0n) is 16.0. The molecular weight excluding hydrogens is 386 g/mol. The number of nitrogens with one attached hydrogen (secondary N) is 1. The number of carbonyl (C=O) groups excluding carboxylic acids is 1. The summed E-state index contributed by atoms with van der Waals surface area (Å²) >= 11 is 1.58. The molecule has 2 heterocycles. The van der Waals surface area contributed by atoms with Crippen molar-refractivity contribution in [3.8, 4) is 27.8 Å². The van der Waals surface area contributed by atoms with Crippen LogP contribution in [0.25, 0.3) is 16.3 Å². The fourth-order valence-corrected chi connectivity index (χ4v) is 3.63. The summed E-state index contributed by atoms with van der Waals surface area (Å²) in [4.78, 5) is 14.2. The number of benzene rings is 2. The second-order valence-corrected chi connectivity index (χ2v) is 7.11. The Morgan fingerprint density at radius 2 is 1.83 bits per heavy atom. The van der Waals surface area contributed by atoms with E-state index in [1.807, 2.05) is 47.8 Å². The van der Waals surface area contributed by atoms with E-state index in [-0.39, 0.29) is 5.91 Å². The van der Waals surface area contributed by atoms with Crippen LogP contribution in [0.1, 0.15) is 10.5 Å². The third kappa shape index (κ3) is 3.86. The van der Waals surface area contributed by atoms with Gasteiger partial charge < -0.3 is 14.8 Å². The first-order valence-corrected chi connectivity index (χ1v) is 9.80. The van der Waals surface area contributed by atoms with Gasteiger partial charge in [-0.3, -0.25) is 4.79 Å². The molecule has 0 saturated heterocycles. The lowest BCUT2D eigenvalue weighted by Gasteiger charge is -2.12. The lowest BCUT2D eigenvalue weighted by atomic mass is 10.2. The van der Waals surface area contributed by atoms with Gasteiger partial charge >= 0.3 is 0 Å². The van der Waals surface area contributed by atoms with E-state index >= 15 is 0 Å². The Hall–Kier alpha value is -3.58. The summed E-state index contributed by atoms with van der Waals surface area (Å²) in [5.41, 5.74) is 2.49. The maximum Gasteiger partial charge on any atom is 0.274 e. The monoisotopic (exact) mass is 405 g/mol. The minimum absolute atomic E-state index is 0.296. The molecule has 6 nitrogen and oxygen atoms in total. The van der Waals surface area contributed by atoms with Crippen molar-refractivity contribution < 1.29 is 14.3 Å². The van der Waals surface area contributed by atoms with Crippen LogP contribution in [-0.2, 0) is 0 Å². The minimum atomic E-state index is -0.296. The molecule has 0 atom stereocenters. The Kier molecular flexibility index (Phi) is 5.31. The number of amides is 1. The van der Waals surface area contributed by atoms with Gasteiger partial charge in [-0.05, 0) is 41.8 Å². The fraction of sp³-hybridized carbons (Fsp3) is 0.0909. The second kappa shape index (κ2) is 8.20. The van der Waals surface area contributed by atoms with Crippen molar-refractivity contribution in [1.29, 1.82) is 0 Å². The highest BCUT2D eigenvalue weighted by atomic mass is 32.1. The van der Waals surface area contributed by atoms with E-state index in [1.54, 1.807) is 54.5 Å². The number of thiophene rings is 1. The van der Waals surface area contributed by atoms with Crippen LogP contribution in [-0.4, -0.2) is 29.9 Å². The first kappa shape index (κ1) is 18.8. The first-order valence-electron chi connectivity index (χ1n) is 8.92. The van der Waals surface area contributed by atoms with Crippen LogP contribution in [0, 0.1) is 0 Å². The maximum absolute atomic E-state index is 13.2. The molecule has 0 spiro atoms. The number of carbonyl (C=O) groups is 1. The number of para-hydroxylation sites is 1. The molecule has 0 radical (unpaired) electrons. The summed E-state index contributed by atoms with van der Waals surface area (Å²) in [7, 11) is 3.13. The van der Waals surface area contributed by atoms with Crippen LogP contribution >= 0.6 is 11.3 Å². The summed E-state index contributed by atoms with van der Waals surface area (Å²) in [5, 5.41) is 9.58. The van der Waals surface area contributed by atoms with E-state index in [9.17, 15) is 4.79 Å². The number of anilines is 1. The quantitative estimate of drug-likeness (QED) is 0.497. The lowest BCUT2D eigenvalue weighted by Crippen LogP contribution is -2.17. The number of hydrogen-bond acceptors (Lipinski definition) is 5. The van der Waals surface area contributed by atoms with Crippen LogP contribution in [0.15, 0.2) is 72.1 Å². The van der Waals surface area contributed by atoms with Gasteiger partial charge in [-0.1, -0.05) is 24.3 Å². The fourth-order valence-electron chi connectivity index (χ4n) is 2.95. The van der Waals surface area contributed by atoms with Crippen LogP contribution in [0.3, 0.4) is 0 Å². The van der Waals surface area contributed by atoms with Gasteiger partial charge in [-0.25, -0.2) is 4.68 Å². The molecule has 4 rings (SSSR count). The van der Waals surface area contributed by atoms with Gasteiger partial charge in [0.1, 0.15) is 22.9 Å². The molecular formula is C22H19N3O3S. The molecule has 2 aromatic heterocycles. The predicted octanol–water partition coefficient (Wildman–Crippen LogP) is 4.87. The average molecular weight is 405 g/mol. The largest absolute Gasteiger partial charge is 0.497 e. The molecule has 2 aromatic carbocycles. The van der Waals surface area contributed by atoms with E-state index in [0.717, 1.165) is 16.3 Å². The van der Waals surface area contributed by atoms with Crippen LogP contribution < -0.4 is 14.8 Å². The van der Waals surface area contributed by atoms with Gasteiger partial charge in [-0.2, -0.15) is 5.10 Å². The zero-order valence-corrected chi connectivity index (χ0v) is 16.8. The predicted molar refractivity (Wildman–Crippen MR) is 114 cm³/mol. The normalized spacial score (nSPS) is 10.6. The van der Waals surface area contributed by atoms with Crippen molar-refractivity contribution in [2.24, 2.45) is 0 Å². The Bertz CT molecular complexity index is 1120. The molecule has 0 fully saturated rings. The Labute approximate surface area is 172 Å². The number of nitrogens with zero attached hydrogens (tertiary/aromatic N) is 2. The molecule has 1 N–H and O–H groups in total. The van der Waals surface area contributed by atoms with Gasteiger partial charge in [0.15, 0.2) is 0 Å². The molecule has 29 heavy (non-hydrogen) atoms. The number of hydrogen-bond donors (Lipinski definition) is 1. The summed E-state index contributed by atoms with van der Waals surface area (Å²) in [6, 6.07) is 20.6. The van der Waals surface area contributed by atoms with Gasteiger partial charge in [0.25, 0.3) is 5.91 Å². The Morgan fingerprint density at radius 3 is 2.52 bits per heavy atom. The van der Waals surface area contributed by atoms with Crippen molar-refractivity contribution in [2.45, 2.75) is 0 Å². The van der Waals surface area contributed by atoms with E-state index in [1.165, 1.54) is 0 Å². The topological polar surface area (TPSA) is 65.4 Å². The van der Waals surface area contributed by atoms with E-state index in [0.29, 0.717) is 22.9 Å².